The van der Waals surface area contributed by atoms with Gasteiger partial charge in [-0.15, -0.1) is 0 Å². The van der Waals surface area contributed by atoms with Gasteiger partial charge >= 0.3 is 0 Å². The van der Waals surface area contributed by atoms with Gasteiger partial charge in [0.1, 0.15) is 0 Å². The molecule has 19 heavy (non-hydrogen) atoms. The summed E-state index contributed by atoms with van der Waals surface area (Å²) < 4.78 is 1.56. The molecular weight excluding hydrogens is 264 g/mol. The third-order valence-electron chi connectivity index (χ3n) is 2.45. The minimum absolute atomic E-state index is 0.209. The number of carbonyl (C=O) groups is 1. The molecule has 0 atom stereocenters. The lowest BCUT2D eigenvalue weighted by atomic mass is 10.3. The van der Waals surface area contributed by atoms with Crippen molar-refractivity contribution in [1.29, 1.82) is 0 Å². The molecule has 1 amide bonds. The zero-order valence-corrected chi connectivity index (χ0v) is 10.9. The predicted molar refractivity (Wildman–Crippen MR) is 75.3 cm³/mol. The highest BCUT2D eigenvalue weighted by Crippen LogP contribution is 2.15. The van der Waals surface area contributed by atoms with Gasteiger partial charge in [0.15, 0.2) is 5.69 Å². The van der Waals surface area contributed by atoms with Crippen LogP contribution in [0.4, 0.5) is 5.69 Å². The Bertz CT molecular complexity index is 621. The molecular formula is C13H13ClN4O. The molecule has 0 radical (unpaired) electrons. The lowest BCUT2D eigenvalue weighted by Gasteiger charge is -2.04. The van der Waals surface area contributed by atoms with Gasteiger partial charge in [-0.3, -0.25) is 4.79 Å². The van der Waals surface area contributed by atoms with E-state index in [9.17, 15) is 4.79 Å². The third kappa shape index (κ3) is 3.14. The van der Waals surface area contributed by atoms with Crippen molar-refractivity contribution in [3.63, 3.8) is 0 Å². The van der Waals surface area contributed by atoms with Crippen LogP contribution >= 0.6 is 11.6 Å². The topological polar surface area (TPSA) is 72.9 Å². The number of nitrogens with two attached hydrogens (primary N) is 1. The van der Waals surface area contributed by atoms with Gasteiger partial charge in [0.2, 0.25) is 0 Å². The first-order valence-corrected chi connectivity index (χ1v) is 5.98. The van der Waals surface area contributed by atoms with Crippen LogP contribution in [0.3, 0.4) is 0 Å². The van der Waals surface area contributed by atoms with E-state index >= 15 is 0 Å². The minimum Gasteiger partial charge on any atom is -0.397 e. The lowest BCUT2D eigenvalue weighted by molar-refractivity contribution is 0.0952. The summed E-state index contributed by atoms with van der Waals surface area (Å²) in [5.41, 5.74) is 7.45. The molecule has 0 spiro atoms. The van der Waals surface area contributed by atoms with Crippen LogP contribution in [0.1, 0.15) is 10.5 Å². The van der Waals surface area contributed by atoms with Crippen LogP contribution in [-0.4, -0.2) is 22.2 Å². The summed E-state index contributed by atoms with van der Waals surface area (Å²) >= 11 is 5.58. The number of hydrogen-bond donors (Lipinski definition) is 2. The van der Waals surface area contributed by atoms with E-state index in [1.54, 1.807) is 23.0 Å². The Morgan fingerprint density at radius 3 is 2.84 bits per heavy atom. The molecule has 2 aromatic rings. The molecule has 0 bridgehead atoms. The second-order valence-corrected chi connectivity index (χ2v) is 4.44. The van der Waals surface area contributed by atoms with Crippen molar-refractivity contribution in [2.45, 2.75) is 0 Å². The van der Waals surface area contributed by atoms with Crippen molar-refractivity contribution in [3.8, 4) is 5.69 Å². The van der Waals surface area contributed by atoms with E-state index in [0.29, 0.717) is 16.4 Å². The van der Waals surface area contributed by atoms with Gasteiger partial charge in [-0.05, 0) is 18.2 Å². The maximum atomic E-state index is 11.8. The summed E-state index contributed by atoms with van der Waals surface area (Å²) in [5, 5.41) is 7.13. The van der Waals surface area contributed by atoms with Crippen LogP contribution in [-0.2, 0) is 0 Å². The second kappa shape index (κ2) is 5.58. The maximum Gasteiger partial charge on any atom is 0.272 e. The number of aromatic nitrogens is 2. The molecule has 0 saturated heterocycles. The van der Waals surface area contributed by atoms with Gasteiger partial charge < -0.3 is 11.1 Å². The molecule has 6 heteroatoms. The van der Waals surface area contributed by atoms with Gasteiger partial charge in [0.25, 0.3) is 5.91 Å². The number of hydrogen-bond acceptors (Lipinski definition) is 3. The first-order valence-electron chi connectivity index (χ1n) is 5.60. The number of anilines is 1. The van der Waals surface area contributed by atoms with Crippen LogP contribution in [0, 0.1) is 0 Å². The molecule has 0 saturated carbocycles. The number of halogens is 1. The molecule has 1 aromatic heterocycles. The normalized spacial score (nSPS) is 10.2. The predicted octanol–water partition coefficient (Wildman–Crippen LogP) is 1.94. The standard InChI is InChI=1S/C13H13ClN4O/c1-9(14)8-16-13(19)11-6-7-18(17-11)12-5-3-2-4-10(12)15/h2-7H,1,8,15H2,(H,16,19). The maximum absolute atomic E-state index is 11.8. The molecule has 5 nitrogen and oxygen atoms in total. The van der Waals surface area contributed by atoms with Crippen molar-refractivity contribution in [3.05, 3.63) is 53.8 Å². The number of nitrogen functional groups attached to an aromatic ring is 1. The average Bonchev–Trinajstić information content (AvgIpc) is 2.86. The lowest BCUT2D eigenvalue weighted by Crippen LogP contribution is -2.25. The van der Waals surface area contributed by atoms with E-state index < -0.39 is 0 Å². The highest BCUT2D eigenvalue weighted by molar-refractivity contribution is 6.29. The average molecular weight is 277 g/mol. The Morgan fingerprint density at radius 1 is 1.42 bits per heavy atom. The quantitative estimate of drug-likeness (QED) is 0.838. The summed E-state index contributed by atoms with van der Waals surface area (Å²) in [6.07, 6.45) is 1.68. The molecule has 98 valence electrons. The molecule has 1 aromatic carbocycles. The number of benzene rings is 1. The third-order valence-corrected chi connectivity index (χ3v) is 2.58. The number of para-hydroxylation sites is 2. The SMILES string of the molecule is C=C(Cl)CNC(=O)c1ccn(-c2ccccc2N)n1. The highest BCUT2D eigenvalue weighted by Gasteiger charge is 2.10. The molecule has 0 aliphatic carbocycles. The number of nitrogens with zero attached hydrogens (tertiary/aromatic N) is 2. The number of amides is 1. The Balaban J connectivity index is 2.18. The number of carbonyl (C=O) groups excluding carboxylic acids is 1. The molecule has 0 unspecified atom stereocenters. The monoisotopic (exact) mass is 276 g/mol. The summed E-state index contributed by atoms with van der Waals surface area (Å²) in [7, 11) is 0. The summed E-state index contributed by atoms with van der Waals surface area (Å²) in [4.78, 5) is 11.8. The first kappa shape index (κ1) is 13.2. The molecule has 3 N–H and O–H groups in total. The number of nitrogens with one attached hydrogen (secondary N) is 1. The van der Waals surface area contributed by atoms with Gasteiger partial charge in [-0.25, -0.2) is 4.68 Å². The van der Waals surface area contributed by atoms with Crippen LogP contribution in [0.2, 0.25) is 0 Å². The Morgan fingerprint density at radius 2 is 2.16 bits per heavy atom. The molecule has 0 aliphatic rings. The Hall–Kier alpha value is -2.27. The summed E-state index contributed by atoms with van der Waals surface area (Å²) in [6, 6.07) is 8.89. The second-order valence-electron chi connectivity index (χ2n) is 3.90. The fourth-order valence-electron chi connectivity index (χ4n) is 1.54. The molecule has 2 rings (SSSR count). The fraction of sp³-hybridized carbons (Fsp3) is 0.0769. The zero-order chi connectivity index (χ0) is 13.8. The molecule has 0 aliphatic heterocycles. The van der Waals surface area contributed by atoms with Gasteiger partial charge in [0, 0.05) is 11.2 Å². The van der Waals surface area contributed by atoms with Crippen molar-refractivity contribution >= 4 is 23.2 Å². The molecule has 1 heterocycles. The smallest absolute Gasteiger partial charge is 0.272 e. The van der Waals surface area contributed by atoms with Gasteiger partial charge in [-0.1, -0.05) is 30.3 Å². The first-order chi connectivity index (χ1) is 9.08. The Labute approximate surface area is 115 Å². The van der Waals surface area contributed by atoms with Crippen LogP contribution < -0.4 is 11.1 Å². The van der Waals surface area contributed by atoms with E-state index in [4.69, 9.17) is 17.3 Å². The van der Waals surface area contributed by atoms with E-state index in [2.05, 4.69) is 17.0 Å². The molecule has 0 fully saturated rings. The van der Waals surface area contributed by atoms with Crippen LogP contribution in [0.15, 0.2) is 48.1 Å². The van der Waals surface area contributed by atoms with E-state index in [0.717, 1.165) is 5.69 Å². The summed E-state index contributed by atoms with van der Waals surface area (Å²) in [6.45, 7) is 3.70. The highest BCUT2D eigenvalue weighted by atomic mass is 35.5. The van der Waals surface area contributed by atoms with Crippen LogP contribution in [0.25, 0.3) is 5.69 Å². The Kier molecular flexibility index (Phi) is 3.87. The summed E-state index contributed by atoms with van der Waals surface area (Å²) in [5.74, 6) is -0.310. The van der Waals surface area contributed by atoms with E-state index in [1.165, 1.54) is 0 Å². The number of rotatable bonds is 4. The van der Waals surface area contributed by atoms with Gasteiger partial charge in [0.05, 0.1) is 17.9 Å². The van der Waals surface area contributed by atoms with E-state index in [1.807, 2.05) is 18.2 Å². The van der Waals surface area contributed by atoms with Crippen molar-refractivity contribution in [2.24, 2.45) is 0 Å². The van der Waals surface area contributed by atoms with Crippen molar-refractivity contribution in [2.75, 3.05) is 12.3 Å². The van der Waals surface area contributed by atoms with Crippen LogP contribution in [0.5, 0.6) is 0 Å². The fourth-order valence-corrected chi connectivity index (χ4v) is 1.61. The van der Waals surface area contributed by atoms with E-state index in [-0.39, 0.29) is 12.5 Å². The van der Waals surface area contributed by atoms with Crippen molar-refractivity contribution < 1.29 is 4.79 Å². The van der Waals surface area contributed by atoms with Crippen molar-refractivity contribution in [1.82, 2.24) is 15.1 Å². The zero-order valence-electron chi connectivity index (χ0n) is 10.1. The van der Waals surface area contributed by atoms with Gasteiger partial charge in [-0.2, -0.15) is 5.10 Å². The minimum atomic E-state index is -0.310. The largest absolute Gasteiger partial charge is 0.397 e.